The number of guanidine groups is 1. The fourth-order valence-corrected chi connectivity index (χ4v) is 3.32. The number of nitrogens with one attached hydrogen (secondary N) is 2. The second kappa shape index (κ2) is 12.7. The Hall–Kier alpha value is -1.94. The first-order valence-electron chi connectivity index (χ1n) is 10.1. The van der Waals surface area contributed by atoms with Crippen LogP contribution in [-0.2, 0) is 11.2 Å². The lowest BCUT2D eigenvalue weighted by atomic mass is 10.1. The van der Waals surface area contributed by atoms with Crippen molar-refractivity contribution in [2.24, 2.45) is 10.9 Å². The van der Waals surface area contributed by atoms with Crippen LogP contribution in [0, 0.1) is 5.92 Å². The predicted octanol–water partition coefficient (Wildman–Crippen LogP) is 3.79. The SMILES string of the molecule is COc1ccc(OC)c(C(C)NC(=NCC2CCOC2)NCCc2ccco2)c1.I. The van der Waals surface area contributed by atoms with Gasteiger partial charge in [0.15, 0.2) is 5.96 Å². The van der Waals surface area contributed by atoms with Gasteiger partial charge in [-0.1, -0.05) is 0 Å². The Labute approximate surface area is 195 Å². The van der Waals surface area contributed by atoms with Crippen molar-refractivity contribution in [2.75, 3.05) is 40.5 Å². The van der Waals surface area contributed by atoms with Crippen LogP contribution in [-0.4, -0.2) is 46.5 Å². The number of halogens is 1. The topological polar surface area (TPSA) is 77.2 Å². The summed E-state index contributed by atoms with van der Waals surface area (Å²) in [4.78, 5) is 4.80. The summed E-state index contributed by atoms with van der Waals surface area (Å²) < 4.78 is 21.8. The van der Waals surface area contributed by atoms with Crippen molar-refractivity contribution in [2.45, 2.75) is 25.8 Å². The summed E-state index contributed by atoms with van der Waals surface area (Å²) in [5.41, 5.74) is 1.01. The third-order valence-electron chi connectivity index (χ3n) is 5.03. The Balaban J connectivity index is 0.00000320. The number of nitrogens with zero attached hydrogens (tertiary/aromatic N) is 1. The largest absolute Gasteiger partial charge is 0.497 e. The van der Waals surface area contributed by atoms with Gasteiger partial charge in [0.05, 0.1) is 33.1 Å². The molecule has 2 N–H and O–H groups in total. The quantitative estimate of drug-likeness (QED) is 0.293. The minimum Gasteiger partial charge on any atom is -0.497 e. The van der Waals surface area contributed by atoms with Gasteiger partial charge >= 0.3 is 0 Å². The minimum absolute atomic E-state index is 0. The average Bonchev–Trinajstić information content (AvgIpc) is 3.45. The zero-order chi connectivity index (χ0) is 20.5. The number of benzene rings is 1. The molecule has 1 fully saturated rings. The number of hydrogen-bond acceptors (Lipinski definition) is 5. The van der Waals surface area contributed by atoms with E-state index in [-0.39, 0.29) is 30.0 Å². The van der Waals surface area contributed by atoms with Crippen LogP contribution in [0.5, 0.6) is 11.5 Å². The van der Waals surface area contributed by atoms with E-state index in [9.17, 15) is 0 Å². The van der Waals surface area contributed by atoms with Crippen molar-refractivity contribution in [1.82, 2.24) is 10.6 Å². The summed E-state index contributed by atoms with van der Waals surface area (Å²) in [5, 5.41) is 6.91. The molecule has 3 rings (SSSR count). The van der Waals surface area contributed by atoms with Crippen molar-refractivity contribution in [1.29, 1.82) is 0 Å². The molecule has 2 atom stereocenters. The van der Waals surface area contributed by atoms with Crippen LogP contribution < -0.4 is 20.1 Å². The van der Waals surface area contributed by atoms with Crippen molar-refractivity contribution in [3.8, 4) is 11.5 Å². The van der Waals surface area contributed by atoms with Crippen molar-refractivity contribution in [3.05, 3.63) is 47.9 Å². The molecular weight excluding hydrogens is 497 g/mol. The predicted molar refractivity (Wildman–Crippen MR) is 128 cm³/mol. The van der Waals surface area contributed by atoms with E-state index in [1.54, 1.807) is 20.5 Å². The Bertz CT molecular complexity index is 777. The molecule has 0 amide bonds. The van der Waals surface area contributed by atoms with Crippen molar-refractivity contribution < 1.29 is 18.6 Å². The molecule has 1 aromatic carbocycles. The molecule has 1 saturated heterocycles. The van der Waals surface area contributed by atoms with Crippen LogP contribution >= 0.6 is 24.0 Å². The summed E-state index contributed by atoms with van der Waals surface area (Å²) in [7, 11) is 3.34. The average molecular weight is 529 g/mol. The Kier molecular flexibility index (Phi) is 10.3. The fourth-order valence-electron chi connectivity index (χ4n) is 3.32. The van der Waals surface area contributed by atoms with Crippen LogP contribution in [0.1, 0.15) is 30.7 Å². The molecule has 0 radical (unpaired) electrons. The van der Waals surface area contributed by atoms with E-state index in [1.165, 1.54) is 0 Å². The smallest absolute Gasteiger partial charge is 0.191 e. The van der Waals surface area contributed by atoms with Gasteiger partial charge < -0.3 is 29.3 Å². The van der Waals surface area contributed by atoms with E-state index in [4.69, 9.17) is 23.6 Å². The highest BCUT2D eigenvalue weighted by atomic mass is 127. The van der Waals surface area contributed by atoms with E-state index in [0.29, 0.717) is 5.92 Å². The third kappa shape index (κ3) is 7.09. The first-order chi connectivity index (χ1) is 14.2. The summed E-state index contributed by atoms with van der Waals surface area (Å²) in [5.74, 6) is 3.79. The fraction of sp³-hybridized carbons (Fsp3) is 0.500. The van der Waals surface area contributed by atoms with E-state index in [2.05, 4.69) is 17.6 Å². The normalized spacial score (nSPS) is 17.2. The maximum Gasteiger partial charge on any atom is 0.191 e. The highest BCUT2D eigenvalue weighted by Gasteiger charge is 2.17. The number of methoxy groups -OCH3 is 2. The van der Waals surface area contributed by atoms with E-state index in [0.717, 1.165) is 67.9 Å². The summed E-state index contributed by atoms with van der Waals surface area (Å²) in [6.45, 7) is 5.15. The molecule has 166 valence electrons. The molecule has 0 bridgehead atoms. The van der Waals surface area contributed by atoms with Gasteiger partial charge in [-0.2, -0.15) is 0 Å². The third-order valence-corrected chi connectivity index (χ3v) is 5.03. The molecule has 8 heteroatoms. The molecular formula is C22H32IN3O4. The number of hydrogen-bond donors (Lipinski definition) is 2. The maximum atomic E-state index is 5.53. The number of aliphatic imine (C=N–C) groups is 1. The molecule has 0 saturated carbocycles. The Morgan fingerprint density at radius 3 is 2.80 bits per heavy atom. The van der Waals surface area contributed by atoms with Crippen LogP contribution in [0.15, 0.2) is 46.0 Å². The zero-order valence-corrected chi connectivity index (χ0v) is 20.2. The second-order valence-electron chi connectivity index (χ2n) is 7.15. The van der Waals surface area contributed by atoms with Gasteiger partial charge in [0.2, 0.25) is 0 Å². The van der Waals surface area contributed by atoms with Gasteiger partial charge in [-0.3, -0.25) is 4.99 Å². The molecule has 2 heterocycles. The molecule has 7 nitrogen and oxygen atoms in total. The number of furan rings is 1. The van der Waals surface area contributed by atoms with Crippen molar-refractivity contribution >= 4 is 29.9 Å². The maximum absolute atomic E-state index is 5.53. The van der Waals surface area contributed by atoms with Crippen LogP contribution in [0.25, 0.3) is 0 Å². The lowest BCUT2D eigenvalue weighted by Gasteiger charge is -2.21. The van der Waals surface area contributed by atoms with E-state index < -0.39 is 0 Å². The van der Waals surface area contributed by atoms with E-state index >= 15 is 0 Å². The Morgan fingerprint density at radius 1 is 1.27 bits per heavy atom. The highest BCUT2D eigenvalue weighted by Crippen LogP contribution is 2.29. The molecule has 2 unspecified atom stereocenters. The minimum atomic E-state index is -0.0188. The molecule has 1 aromatic heterocycles. The first kappa shape index (κ1) is 24.3. The van der Waals surface area contributed by atoms with Crippen LogP contribution in [0.3, 0.4) is 0 Å². The molecule has 0 spiro atoms. The van der Waals surface area contributed by atoms with Crippen molar-refractivity contribution in [3.63, 3.8) is 0 Å². The molecule has 2 aromatic rings. The van der Waals surface area contributed by atoms with Gasteiger partial charge in [-0.15, -0.1) is 24.0 Å². The lowest BCUT2D eigenvalue weighted by Crippen LogP contribution is -2.40. The zero-order valence-electron chi connectivity index (χ0n) is 17.8. The van der Waals surface area contributed by atoms with Crippen LogP contribution in [0.4, 0.5) is 0 Å². The first-order valence-corrected chi connectivity index (χ1v) is 10.1. The summed E-state index contributed by atoms with van der Waals surface area (Å²) in [6.07, 6.45) is 3.54. The molecule has 1 aliphatic heterocycles. The lowest BCUT2D eigenvalue weighted by molar-refractivity contribution is 0.187. The van der Waals surface area contributed by atoms with Gasteiger partial charge in [0.1, 0.15) is 17.3 Å². The molecule has 1 aliphatic rings. The standard InChI is InChI=1S/C22H31N3O4.HI/c1-16(20-13-19(26-2)6-7-21(20)27-3)25-22(24-14-17-9-12-28-15-17)23-10-8-18-5-4-11-29-18;/h4-7,11,13,16-17H,8-10,12,14-15H2,1-3H3,(H2,23,24,25);1H. The molecule has 0 aliphatic carbocycles. The summed E-state index contributed by atoms with van der Waals surface area (Å²) >= 11 is 0. The number of rotatable bonds is 9. The van der Waals surface area contributed by atoms with Gasteiger partial charge in [0.25, 0.3) is 0 Å². The van der Waals surface area contributed by atoms with Crippen LogP contribution in [0.2, 0.25) is 0 Å². The van der Waals surface area contributed by atoms with E-state index in [1.807, 2.05) is 30.3 Å². The summed E-state index contributed by atoms with van der Waals surface area (Å²) in [6, 6.07) is 9.66. The van der Waals surface area contributed by atoms with Gasteiger partial charge in [0, 0.05) is 37.6 Å². The van der Waals surface area contributed by atoms with Gasteiger partial charge in [-0.25, -0.2) is 0 Å². The number of ether oxygens (including phenoxy) is 3. The second-order valence-corrected chi connectivity index (χ2v) is 7.15. The highest BCUT2D eigenvalue weighted by molar-refractivity contribution is 14.0. The molecule has 30 heavy (non-hydrogen) atoms. The Morgan fingerprint density at radius 2 is 2.13 bits per heavy atom. The van der Waals surface area contributed by atoms with Gasteiger partial charge in [-0.05, 0) is 43.7 Å². The monoisotopic (exact) mass is 529 g/mol.